The van der Waals surface area contributed by atoms with Crippen LogP contribution in [-0.2, 0) is 0 Å². The van der Waals surface area contributed by atoms with E-state index in [0.29, 0.717) is 12.5 Å². The van der Waals surface area contributed by atoms with Crippen LogP contribution in [0.25, 0.3) is 0 Å². The SMILES string of the molecule is OC[C@@H](O)CN1CCC[C@H](CO)C1. The predicted octanol–water partition coefficient (Wildman–Crippen LogP) is -0.956. The van der Waals surface area contributed by atoms with Gasteiger partial charge in [-0.05, 0) is 25.3 Å². The fourth-order valence-electron chi connectivity index (χ4n) is 1.82. The Morgan fingerprint density at radius 3 is 2.77 bits per heavy atom. The lowest BCUT2D eigenvalue weighted by molar-refractivity contribution is 0.0369. The number of hydrogen-bond donors (Lipinski definition) is 3. The normalized spacial score (nSPS) is 27.5. The molecule has 0 aromatic heterocycles. The molecule has 0 bridgehead atoms. The largest absolute Gasteiger partial charge is 0.396 e. The van der Waals surface area contributed by atoms with Gasteiger partial charge in [0.15, 0.2) is 0 Å². The molecule has 0 saturated carbocycles. The lowest BCUT2D eigenvalue weighted by atomic mass is 9.99. The monoisotopic (exact) mass is 189 g/mol. The Balaban J connectivity index is 2.25. The van der Waals surface area contributed by atoms with Crippen molar-refractivity contribution in [1.82, 2.24) is 4.90 Å². The molecule has 78 valence electrons. The number of nitrogens with zero attached hydrogens (tertiary/aromatic N) is 1. The van der Waals surface area contributed by atoms with Gasteiger partial charge in [0.2, 0.25) is 0 Å². The molecule has 4 heteroatoms. The Hall–Kier alpha value is -0.160. The van der Waals surface area contributed by atoms with E-state index in [0.717, 1.165) is 25.9 Å². The number of likely N-dealkylation sites (tertiary alicyclic amines) is 1. The summed E-state index contributed by atoms with van der Waals surface area (Å²) in [6.45, 7) is 2.38. The van der Waals surface area contributed by atoms with Gasteiger partial charge in [0, 0.05) is 19.7 Å². The summed E-state index contributed by atoms with van der Waals surface area (Å²) in [6, 6.07) is 0. The number of aliphatic hydroxyl groups excluding tert-OH is 3. The Bertz CT molecular complexity index is 141. The smallest absolute Gasteiger partial charge is 0.0897 e. The fourth-order valence-corrected chi connectivity index (χ4v) is 1.82. The van der Waals surface area contributed by atoms with E-state index >= 15 is 0 Å². The second-order valence-corrected chi connectivity index (χ2v) is 3.79. The van der Waals surface area contributed by atoms with E-state index in [4.69, 9.17) is 10.2 Å². The van der Waals surface area contributed by atoms with Gasteiger partial charge in [0.1, 0.15) is 0 Å². The molecule has 0 spiro atoms. The summed E-state index contributed by atoms with van der Waals surface area (Å²) in [5.74, 6) is 0.347. The van der Waals surface area contributed by atoms with Crippen molar-refractivity contribution in [2.45, 2.75) is 18.9 Å². The molecule has 0 amide bonds. The Labute approximate surface area is 78.8 Å². The van der Waals surface area contributed by atoms with Crippen molar-refractivity contribution in [3.8, 4) is 0 Å². The van der Waals surface area contributed by atoms with Crippen LogP contribution in [0.15, 0.2) is 0 Å². The number of β-amino-alcohol motifs (C(OH)–C–C–N with tert-alkyl or cyclic N) is 1. The molecule has 13 heavy (non-hydrogen) atoms. The Morgan fingerprint density at radius 2 is 2.15 bits per heavy atom. The summed E-state index contributed by atoms with van der Waals surface area (Å²) in [4.78, 5) is 2.10. The summed E-state index contributed by atoms with van der Waals surface area (Å²) in [7, 11) is 0. The molecule has 0 radical (unpaired) electrons. The van der Waals surface area contributed by atoms with Crippen molar-refractivity contribution in [3.63, 3.8) is 0 Å². The van der Waals surface area contributed by atoms with Crippen LogP contribution in [0, 0.1) is 5.92 Å². The van der Waals surface area contributed by atoms with Gasteiger partial charge in [0.05, 0.1) is 12.7 Å². The van der Waals surface area contributed by atoms with Crippen LogP contribution in [0.4, 0.5) is 0 Å². The summed E-state index contributed by atoms with van der Waals surface area (Å²) in [5.41, 5.74) is 0. The highest BCUT2D eigenvalue weighted by atomic mass is 16.3. The summed E-state index contributed by atoms with van der Waals surface area (Å²) < 4.78 is 0. The Kier molecular flexibility index (Phi) is 4.66. The topological polar surface area (TPSA) is 63.9 Å². The lowest BCUT2D eigenvalue weighted by Gasteiger charge is -2.32. The summed E-state index contributed by atoms with van der Waals surface area (Å²) >= 11 is 0. The van der Waals surface area contributed by atoms with E-state index in [1.54, 1.807) is 0 Å². The summed E-state index contributed by atoms with van der Waals surface area (Å²) in [6.07, 6.45) is 1.50. The first-order valence-corrected chi connectivity index (χ1v) is 4.88. The third kappa shape index (κ3) is 3.60. The molecule has 1 aliphatic rings. The molecule has 0 aromatic rings. The van der Waals surface area contributed by atoms with E-state index in [2.05, 4.69) is 4.90 Å². The van der Waals surface area contributed by atoms with Crippen molar-refractivity contribution in [3.05, 3.63) is 0 Å². The highest BCUT2D eigenvalue weighted by Crippen LogP contribution is 2.15. The first-order valence-electron chi connectivity index (χ1n) is 4.88. The van der Waals surface area contributed by atoms with Crippen LogP contribution < -0.4 is 0 Å². The van der Waals surface area contributed by atoms with Gasteiger partial charge < -0.3 is 20.2 Å². The van der Waals surface area contributed by atoms with Crippen molar-refractivity contribution in [1.29, 1.82) is 0 Å². The summed E-state index contributed by atoms with van der Waals surface area (Å²) in [5, 5.41) is 26.8. The number of rotatable bonds is 4. The predicted molar refractivity (Wildman–Crippen MR) is 49.3 cm³/mol. The van der Waals surface area contributed by atoms with Gasteiger partial charge in [-0.2, -0.15) is 0 Å². The van der Waals surface area contributed by atoms with E-state index in [1.165, 1.54) is 0 Å². The second-order valence-electron chi connectivity index (χ2n) is 3.79. The minimum atomic E-state index is -0.641. The molecule has 2 atom stereocenters. The number of aliphatic hydroxyl groups is 3. The van der Waals surface area contributed by atoms with E-state index in [-0.39, 0.29) is 13.2 Å². The molecular formula is C9H19NO3. The molecule has 1 rings (SSSR count). The van der Waals surface area contributed by atoms with Gasteiger partial charge in [-0.3, -0.25) is 0 Å². The van der Waals surface area contributed by atoms with Gasteiger partial charge in [-0.15, -0.1) is 0 Å². The lowest BCUT2D eigenvalue weighted by Crippen LogP contribution is -2.42. The molecular weight excluding hydrogens is 170 g/mol. The molecule has 1 aliphatic heterocycles. The highest BCUT2D eigenvalue weighted by molar-refractivity contribution is 4.74. The maximum atomic E-state index is 9.21. The van der Waals surface area contributed by atoms with Crippen molar-refractivity contribution in [2.24, 2.45) is 5.92 Å². The van der Waals surface area contributed by atoms with E-state index in [1.807, 2.05) is 0 Å². The van der Waals surface area contributed by atoms with Crippen LogP contribution in [0.3, 0.4) is 0 Å². The fraction of sp³-hybridized carbons (Fsp3) is 1.00. The number of piperidine rings is 1. The molecule has 3 N–H and O–H groups in total. The first-order chi connectivity index (χ1) is 6.26. The average Bonchev–Trinajstić information content (AvgIpc) is 2.18. The zero-order valence-electron chi connectivity index (χ0n) is 7.89. The van der Waals surface area contributed by atoms with Gasteiger partial charge >= 0.3 is 0 Å². The van der Waals surface area contributed by atoms with E-state index in [9.17, 15) is 5.11 Å². The minimum Gasteiger partial charge on any atom is -0.396 e. The maximum absolute atomic E-state index is 9.21. The zero-order chi connectivity index (χ0) is 9.68. The van der Waals surface area contributed by atoms with E-state index < -0.39 is 6.10 Å². The van der Waals surface area contributed by atoms with Crippen LogP contribution in [0.1, 0.15) is 12.8 Å². The molecule has 0 unspecified atom stereocenters. The van der Waals surface area contributed by atoms with Gasteiger partial charge in [-0.25, -0.2) is 0 Å². The molecule has 1 heterocycles. The molecule has 1 saturated heterocycles. The Morgan fingerprint density at radius 1 is 1.38 bits per heavy atom. The van der Waals surface area contributed by atoms with Crippen molar-refractivity contribution in [2.75, 3.05) is 32.8 Å². The zero-order valence-corrected chi connectivity index (χ0v) is 7.89. The molecule has 4 nitrogen and oxygen atoms in total. The quantitative estimate of drug-likeness (QED) is 0.533. The minimum absolute atomic E-state index is 0.180. The molecule has 1 fully saturated rings. The van der Waals surface area contributed by atoms with Crippen LogP contribution >= 0.6 is 0 Å². The molecule has 0 aliphatic carbocycles. The van der Waals surface area contributed by atoms with Crippen molar-refractivity contribution >= 4 is 0 Å². The average molecular weight is 189 g/mol. The third-order valence-electron chi connectivity index (χ3n) is 2.54. The van der Waals surface area contributed by atoms with Gasteiger partial charge in [0.25, 0.3) is 0 Å². The highest BCUT2D eigenvalue weighted by Gasteiger charge is 2.20. The maximum Gasteiger partial charge on any atom is 0.0897 e. The standard InChI is InChI=1S/C9H19NO3/c11-6-8-2-1-3-10(4-8)5-9(13)7-12/h8-9,11-13H,1-7H2/t8-,9-/m0/s1. The number of hydrogen-bond acceptors (Lipinski definition) is 4. The van der Waals surface area contributed by atoms with Crippen LogP contribution in [0.2, 0.25) is 0 Å². The second kappa shape index (κ2) is 5.54. The van der Waals surface area contributed by atoms with Crippen LogP contribution in [-0.4, -0.2) is 59.2 Å². The van der Waals surface area contributed by atoms with Crippen LogP contribution in [0.5, 0.6) is 0 Å². The molecule has 0 aromatic carbocycles. The first kappa shape index (κ1) is 10.9. The van der Waals surface area contributed by atoms with Gasteiger partial charge in [-0.1, -0.05) is 0 Å². The third-order valence-corrected chi connectivity index (χ3v) is 2.54. The van der Waals surface area contributed by atoms with Crippen molar-refractivity contribution < 1.29 is 15.3 Å².